The van der Waals surface area contributed by atoms with Gasteiger partial charge in [-0.2, -0.15) is 0 Å². The fourth-order valence-electron chi connectivity index (χ4n) is 4.85. The van der Waals surface area contributed by atoms with E-state index in [0.717, 1.165) is 53.8 Å². The third kappa shape index (κ3) is 7.45. The maximum absolute atomic E-state index is 13.2. The van der Waals surface area contributed by atoms with E-state index in [2.05, 4.69) is 32.2 Å². The summed E-state index contributed by atoms with van der Waals surface area (Å²) in [5.74, 6) is 1.31. The number of hydrogen-bond acceptors (Lipinski definition) is 9. The molecule has 1 amide bonds. The third-order valence-electron chi connectivity index (χ3n) is 6.99. The number of carbonyl (C=O) groups is 1. The van der Waals surface area contributed by atoms with Crippen LogP contribution < -0.4 is 20.1 Å². The van der Waals surface area contributed by atoms with Crippen molar-refractivity contribution in [1.29, 1.82) is 0 Å². The number of nitrogens with zero attached hydrogens (tertiary/aromatic N) is 4. The van der Waals surface area contributed by atoms with Gasteiger partial charge in [0.2, 0.25) is 16.0 Å². The van der Waals surface area contributed by atoms with Gasteiger partial charge in [-0.1, -0.05) is 13.0 Å². The van der Waals surface area contributed by atoms with E-state index in [-0.39, 0.29) is 23.8 Å². The van der Waals surface area contributed by atoms with Gasteiger partial charge in [0, 0.05) is 54.9 Å². The number of anilines is 3. The molecule has 214 valence electrons. The molecule has 40 heavy (non-hydrogen) atoms. The average Bonchev–Trinajstić information content (AvgIpc) is 2.92. The highest BCUT2D eigenvalue weighted by atomic mass is 32.2. The van der Waals surface area contributed by atoms with Crippen molar-refractivity contribution in [2.45, 2.75) is 58.7 Å². The zero-order valence-corrected chi connectivity index (χ0v) is 24.4. The lowest BCUT2D eigenvalue weighted by atomic mass is 9.97. The number of aromatic nitrogens is 3. The minimum atomic E-state index is -3.48. The van der Waals surface area contributed by atoms with Gasteiger partial charge in [0.1, 0.15) is 11.6 Å². The first-order valence-electron chi connectivity index (χ1n) is 13.3. The second-order valence-corrected chi connectivity index (χ2v) is 11.8. The second kappa shape index (κ2) is 12.6. The lowest BCUT2D eigenvalue weighted by molar-refractivity contribution is 0.0601. The van der Waals surface area contributed by atoms with Crippen molar-refractivity contribution >= 4 is 33.4 Å². The first-order chi connectivity index (χ1) is 19.1. The standard InChI is InChI=1S/C28H37N7O4S/c1-6-20-16-31-28(32-23-8-7-18(2)25(15-23)39-4)33-24(20)17-30-22-10-12-35(19(3)13-22)27(36)21-9-11-29-26(14-21)34-40(5,37)38/h7-9,11,14-16,19,22,30H,6,10,12-13,17H2,1-5H3,(H,29,34)(H,31,32,33)/t19-,22+/m1/s1. The molecule has 11 nitrogen and oxygen atoms in total. The van der Waals surface area contributed by atoms with E-state index in [0.29, 0.717) is 24.6 Å². The largest absolute Gasteiger partial charge is 0.496 e. The summed E-state index contributed by atoms with van der Waals surface area (Å²) in [6, 6.07) is 9.18. The Morgan fingerprint density at radius 1 is 1.20 bits per heavy atom. The summed E-state index contributed by atoms with van der Waals surface area (Å²) >= 11 is 0. The molecule has 3 N–H and O–H groups in total. The fourth-order valence-corrected chi connectivity index (χ4v) is 5.34. The molecule has 0 saturated carbocycles. The fraction of sp³-hybridized carbons (Fsp3) is 0.429. The summed E-state index contributed by atoms with van der Waals surface area (Å²) in [4.78, 5) is 28.3. The number of methoxy groups -OCH3 is 1. The lowest BCUT2D eigenvalue weighted by Crippen LogP contribution is -2.49. The van der Waals surface area contributed by atoms with Gasteiger partial charge >= 0.3 is 0 Å². The van der Waals surface area contributed by atoms with Crippen molar-refractivity contribution in [1.82, 2.24) is 25.2 Å². The number of nitrogens with one attached hydrogen (secondary N) is 3. The van der Waals surface area contributed by atoms with Crippen molar-refractivity contribution in [3.8, 4) is 5.75 Å². The number of rotatable bonds is 10. The second-order valence-electron chi connectivity index (χ2n) is 10.1. The highest BCUT2D eigenvalue weighted by Crippen LogP contribution is 2.25. The Morgan fingerprint density at radius 3 is 2.70 bits per heavy atom. The van der Waals surface area contributed by atoms with Crippen molar-refractivity contribution in [2.75, 3.05) is 29.9 Å². The van der Waals surface area contributed by atoms with Crippen LogP contribution in [0.25, 0.3) is 0 Å². The molecule has 2 aromatic heterocycles. The molecule has 1 aliphatic rings. The first-order valence-corrected chi connectivity index (χ1v) is 15.2. The van der Waals surface area contributed by atoms with Crippen LogP contribution in [0.1, 0.15) is 53.9 Å². The number of pyridine rings is 1. The van der Waals surface area contributed by atoms with Gasteiger partial charge in [0.15, 0.2) is 0 Å². The van der Waals surface area contributed by atoms with Gasteiger partial charge in [-0.3, -0.25) is 9.52 Å². The van der Waals surface area contributed by atoms with Crippen LogP contribution in [0.15, 0.2) is 42.7 Å². The van der Waals surface area contributed by atoms with Crippen LogP contribution in [0.3, 0.4) is 0 Å². The molecule has 1 saturated heterocycles. The highest BCUT2D eigenvalue weighted by molar-refractivity contribution is 7.92. The molecular formula is C28H37N7O4S. The van der Waals surface area contributed by atoms with Gasteiger partial charge in [-0.15, -0.1) is 0 Å². The molecule has 0 spiro atoms. The number of carbonyl (C=O) groups excluding carboxylic acids is 1. The van der Waals surface area contributed by atoms with Crippen LogP contribution in [0.5, 0.6) is 5.75 Å². The molecule has 0 aliphatic carbocycles. The predicted octanol–water partition coefficient (Wildman–Crippen LogP) is 3.65. The molecule has 4 rings (SSSR count). The lowest BCUT2D eigenvalue weighted by Gasteiger charge is -2.38. The van der Waals surface area contributed by atoms with Crippen LogP contribution in [-0.4, -0.2) is 66.2 Å². The summed E-state index contributed by atoms with van der Waals surface area (Å²) < 4.78 is 30.8. The zero-order valence-electron chi connectivity index (χ0n) is 23.6. The van der Waals surface area contributed by atoms with Gasteiger partial charge in [0.05, 0.1) is 19.1 Å². The van der Waals surface area contributed by atoms with Crippen LogP contribution in [0.4, 0.5) is 17.5 Å². The quantitative estimate of drug-likeness (QED) is 0.335. The number of piperidine rings is 1. The Hall–Kier alpha value is -3.77. The summed E-state index contributed by atoms with van der Waals surface area (Å²) in [5.41, 5.74) is 4.32. The zero-order chi connectivity index (χ0) is 28.9. The first kappa shape index (κ1) is 29.2. The average molecular weight is 568 g/mol. The van der Waals surface area contributed by atoms with E-state index in [1.54, 1.807) is 13.2 Å². The van der Waals surface area contributed by atoms with Crippen LogP contribution in [-0.2, 0) is 23.0 Å². The molecule has 3 aromatic rings. The predicted molar refractivity (Wildman–Crippen MR) is 155 cm³/mol. The molecule has 1 aromatic carbocycles. The number of benzene rings is 1. The Morgan fingerprint density at radius 2 is 2.00 bits per heavy atom. The smallest absolute Gasteiger partial charge is 0.254 e. The molecule has 12 heteroatoms. The normalized spacial score (nSPS) is 17.4. The number of ether oxygens (including phenoxy) is 1. The Balaban J connectivity index is 1.37. The van der Waals surface area contributed by atoms with E-state index < -0.39 is 10.0 Å². The van der Waals surface area contributed by atoms with Crippen molar-refractivity contribution < 1.29 is 17.9 Å². The van der Waals surface area contributed by atoms with E-state index in [1.165, 1.54) is 12.3 Å². The van der Waals surface area contributed by atoms with Crippen molar-refractivity contribution in [3.05, 3.63) is 65.1 Å². The SMILES string of the molecule is CCc1cnc(Nc2ccc(C)c(OC)c2)nc1CN[C@H]1CCN(C(=O)c2ccnc(NS(C)(=O)=O)c2)[C@H](C)C1. The van der Waals surface area contributed by atoms with E-state index in [9.17, 15) is 13.2 Å². The molecule has 0 unspecified atom stereocenters. The van der Waals surface area contributed by atoms with Crippen LogP contribution in [0.2, 0.25) is 0 Å². The minimum absolute atomic E-state index is 0.00280. The maximum atomic E-state index is 13.2. The van der Waals surface area contributed by atoms with Crippen molar-refractivity contribution in [2.24, 2.45) is 0 Å². The molecule has 1 aliphatic heterocycles. The van der Waals surface area contributed by atoms with Gasteiger partial charge in [-0.25, -0.2) is 23.4 Å². The Bertz CT molecular complexity index is 1460. The third-order valence-corrected chi connectivity index (χ3v) is 7.57. The maximum Gasteiger partial charge on any atom is 0.254 e. The van der Waals surface area contributed by atoms with Crippen molar-refractivity contribution in [3.63, 3.8) is 0 Å². The number of sulfonamides is 1. The molecule has 0 bridgehead atoms. The van der Waals surface area contributed by atoms with Crippen LogP contribution in [0, 0.1) is 6.92 Å². The number of aryl methyl sites for hydroxylation is 2. The van der Waals surface area contributed by atoms with Gasteiger partial charge in [-0.05, 0) is 62.4 Å². The molecule has 1 fully saturated rings. The minimum Gasteiger partial charge on any atom is -0.496 e. The topological polar surface area (TPSA) is 138 Å². The highest BCUT2D eigenvalue weighted by Gasteiger charge is 2.29. The van der Waals surface area contributed by atoms with E-state index >= 15 is 0 Å². The number of likely N-dealkylation sites (tertiary alicyclic amines) is 1. The van der Waals surface area contributed by atoms with E-state index in [1.807, 2.05) is 43.1 Å². The molecule has 2 atom stereocenters. The molecule has 0 radical (unpaired) electrons. The van der Waals surface area contributed by atoms with E-state index in [4.69, 9.17) is 9.72 Å². The summed E-state index contributed by atoms with van der Waals surface area (Å²) in [6.07, 6.45) is 6.74. The molecular weight excluding hydrogens is 530 g/mol. The summed E-state index contributed by atoms with van der Waals surface area (Å²) in [6.45, 7) is 7.29. The Labute approximate surface area is 235 Å². The molecule has 3 heterocycles. The van der Waals surface area contributed by atoms with Gasteiger partial charge in [0.25, 0.3) is 5.91 Å². The summed E-state index contributed by atoms with van der Waals surface area (Å²) in [5, 5.41) is 6.91. The van der Waals surface area contributed by atoms with Crippen LogP contribution >= 0.6 is 0 Å². The Kier molecular flexibility index (Phi) is 9.21. The van der Waals surface area contributed by atoms with Gasteiger partial charge < -0.3 is 20.3 Å². The summed E-state index contributed by atoms with van der Waals surface area (Å²) in [7, 11) is -1.83. The monoisotopic (exact) mass is 567 g/mol. The number of hydrogen-bond donors (Lipinski definition) is 3. The number of amides is 1.